The summed E-state index contributed by atoms with van der Waals surface area (Å²) in [5.74, 6) is 1.89. The van der Waals surface area contributed by atoms with E-state index < -0.39 is 0 Å². The van der Waals surface area contributed by atoms with Crippen molar-refractivity contribution in [3.63, 3.8) is 0 Å². The molecule has 0 unspecified atom stereocenters. The van der Waals surface area contributed by atoms with E-state index in [2.05, 4.69) is 64.6 Å². The number of methoxy groups -OCH3 is 1. The smallest absolute Gasteiger partial charge is 0.139 e. The van der Waals surface area contributed by atoms with Crippen LogP contribution < -0.4 is 10.1 Å². The number of aryl methyl sites for hydroxylation is 1. The number of nitrogens with zero attached hydrogens (tertiary/aromatic N) is 2. The number of anilines is 1. The number of hydrogen-bond donors (Lipinski definition) is 1. The van der Waals surface area contributed by atoms with Gasteiger partial charge >= 0.3 is 0 Å². The summed E-state index contributed by atoms with van der Waals surface area (Å²) in [6.45, 7) is 2.81. The molecule has 0 aliphatic rings. The van der Waals surface area contributed by atoms with E-state index >= 15 is 0 Å². The van der Waals surface area contributed by atoms with Crippen molar-refractivity contribution in [1.82, 2.24) is 9.38 Å². The third kappa shape index (κ3) is 3.10. The molecule has 0 saturated heterocycles. The summed E-state index contributed by atoms with van der Waals surface area (Å²) >= 11 is 1.70. The van der Waals surface area contributed by atoms with Crippen molar-refractivity contribution in [2.75, 3.05) is 12.4 Å². The molecule has 0 radical (unpaired) electrons. The second-order valence-electron chi connectivity index (χ2n) is 5.92. The van der Waals surface area contributed by atoms with Crippen LogP contribution in [0.4, 0.5) is 5.82 Å². The van der Waals surface area contributed by atoms with Crippen molar-refractivity contribution >= 4 is 22.8 Å². The van der Waals surface area contributed by atoms with Crippen molar-refractivity contribution in [2.24, 2.45) is 0 Å². The first-order valence-electron chi connectivity index (χ1n) is 8.14. The van der Waals surface area contributed by atoms with E-state index in [4.69, 9.17) is 9.72 Å². The van der Waals surface area contributed by atoms with Gasteiger partial charge < -0.3 is 10.1 Å². The van der Waals surface area contributed by atoms with Crippen molar-refractivity contribution in [1.29, 1.82) is 0 Å². The lowest BCUT2D eigenvalue weighted by atomic mass is 10.2. The fraction of sp³-hybridized carbons (Fsp3) is 0.150. The van der Waals surface area contributed by atoms with Crippen LogP contribution in [-0.4, -0.2) is 16.5 Å². The maximum absolute atomic E-state index is 5.22. The molecular formula is C20H19N3OS. The zero-order chi connectivity index (χ0) is 17.2. The van der Waals surface area contributed by atoms with Crippen LogP contribution in [0.15, 0.2) is 60.1 Å². The van der Waals surface area contributed by atoms with Gasteiger partial charge in [0.15, 0.2) is 0 Å². The molecule has 1 N–H and O–H groups in total. The predicted molar refractivity (Wildman–Crippen MR) is 104 cm³/mol. The van der Waals surface area contributed by atoms with E-state index in [1.54, 1.807) is 18.4 Å². The number of hydrogen-bond acceptors (Lipinski definition) is 4. The third-order valence-electron chi connectivity index (χ3n) is 4.16. The van der Waals surface area contributed by atoms with Crippen LogP contribution in [0.1, 0.15) is 11.1 Å². The maximum atomic E-state index is 5.22. The van der Waals surface area contributed by atoms with Crippen LogP contribution in [0.2, 0.25) is 0 Å². The van der Waals surface area contributed by atoms with E-state index in [9.17, 15) is 0 Å². The first kappa shape index (κ1) is 15.7. The summed E-state index contributed by atoms with van der Waals surface area (Å²) in [4.78, 5) is 6.01. The molecule has 0 aliphatic carbocycles. The Bertz CT molecular complexity index is 988. The van der Waals surface area contributed by atoms with Gasteiger partial charge in [0.05, 0.1) is 12.0 Å². The Morgan fingerprint density at radius 2 is 2.00 bits per heavy atom. The van der Waals surface area contributed by atoms with E-state index in [1.807, 2.05) is 12.1 Å². The summed E-state index contributed by atoms with van der Waals surface area (Å²) in [5.41, 5.74) is 4.35. The number of pyridine rings is 1. The van der Waals surface area contributed by atoms with Gasteiger partial charge in [-0.3, -0.25) is 4.40 Å². The summed E-state index contributed by atoms with van der Waals surface area (Å²) in [6, 6.07) is 16.5. The normalized spacial score (nSPS) is 11.0. The third-order valence-corrected chi connectivity index (χ3v) is 5.03. The Labute approximate surface area is 150 Å². The number of ether oxygens (including phenoxy) is 1. The topological polar surface area (TPSA) is 38.6 Å². The summed E-state index contributed by atoms with van der Waals surface area (Å²) in [7, 11) is 1.68. The molecule has 1 aromatic carbocycles. The number of rotatable bonds is 5. The van der Waals surface area contributed by atoms with Gasteiger partial charge in [0.25, 0.3) is 0 Å². The van der Waals surface area contributed by atoms with Crippen LogP contribution in [-0.2, 0) is 6.54 Å². The summed E-state index contributed by atoms with van der Waals surface area (Å²) in [6.07, 6.45) is 2.07. The molecule has 4 aromatic rings. The van der Waals surface area contributed by atoms with Crippen LogP contribution >= 0.6 is 11.3 Å². The minimum atomic E-state index is 0.726. The van der Waals surface area contributed by atoms with Crippen molar-refractivity contribution in [3.05, 3.63) is 71.2 Å². The average molecular weight is 349 g/mol. The van der Waals surface area contributed by atoms with Crippen LogP contribution in [0, 0.1) is 6.92 Å². The van der Waals surface area contributed by atoms with Crippen molar-refractivity contribution < 1.29 is 4.74 Å². The monoisotopic (exact) mass is 349 g/mol. The van der Waals surface area contributed by atoms with Gasteiger partial charge in [-0.1, -0.05) is 18.2 Å². The Kier molecular flexibility index (Phi) is 4.15. The molecule has 3 heterocycles. The van der Waals surface area contributed by atoms with Crippen LogP contribution in [0.5, 0.6) is 5.75 Å². The molecule has 0 atom stereocenters. The van der Waals surface area contributed by atoms with Crippen molar-refractivity contribution in [3.8, 4) is 16.3 Å². The van der Waals surface area contributed by atoms with Crippen LogP contribution in [0.25, 0.3) is 16.2 Å². The Hall–Kier alpha value is -2.79. The van der Waals surface area contributed by atoms with Gasteiger partial charge in [0.2, 0.25) is 0 Å². The molecule has 0 saturated carbocycles. The Morgan fingerprint density at radius 1 is 1.16 bits per heavy atom. The quantitative estimate of drug-likeness (QED) is 0.551. The first-order valence-corrected chi connectivity index (χ1v) is 9.02. The van der Waals surface area contributed by atoms with Gasteiger partial charge in [0.1, 0.15) is 22.9 Å². The fourth-order valence-corrected chi connectivity index (χ4v) is 3.54. The molecule has 4 nitrogen and oxygen atoms in total. The molecule has 25 heavy (non-hydrogen) atoms. The molecule has 0 amide bonds. The maximum Gasteiger partial charge on any atom is 0.139 e. The molecule has 4 rings (SSSR count). The molecular weight excluding hydrogens is 330 g/mol. The van der Waals surface area contributed by atoms with Gasteiger partial charge in [-0.25, -0.2) is 4.98 Å². The number of aromatic nitrogens is 2. The predicted octanol–water partition coefficient (Wildman–Crippen LogP) is 4.99. The van der Waals surface area contributed by atoms with Crippen molar-refractivity contribution in [2.45, 2.75) is 13.5 Å². The molecule has 0 aliphatic heterocycles. The lowest BCUT2D eigenvalue weighted by Crippen LogP contribution is -2.03. The minimum absolute atomic E-state index is 0.726. The van der Waals surface area contributed by atoms with E-state index in [0.29, 0.717) is 0 Å². The fourth-order valence-electron chi connectivity index (χ4n) is 2.83. The highest BCUT2D eigenvalue weighted by Gasteiger charge is 2.14. The number of fused-ring (bicyclic) bond motifs is 1. The largest absolute Gasteiger partial charge is 0.497 e. The van der Waals surface area contributed by atoms with E-state index in [0.717, 1.165) is 29.5 Å². The van der Waals surface area contributed by atoms with Gasteiger partial charge in [-0.2, -0.15) is 0 Å². The SMILES string of the molecule is COc1ccc(CNc2c(-c3cccs3)nc3cc(C)ccn23)cc1. The highest BCUT2D eigenvalue weighted by atomic mass is 32.1. The highest BCUT2D eigenvalue weighted by molar-refractivity contribution is 7.13. The van der Waals surface area contributed by atoms with E-state index in [1.165, 1.54) is 16.0 Å². The van der Waals surface area contributed by atoms with Gasteiger partial charge in [-0.15, -0.1) is 11.3 Å². The highest BCUT2D eigenvalue weighted by Crippen LogP contribution is 2.32. The zero-order valence-corrected chi connectivity index (χ0v) is 15.0. The summed E-state index contributed by atoms with van der Waals surface area (Å²) < 4.78 is 7.34. The number of imidazole rings is 1. The number of benzene rings is 1. The standard InChI is InChI=1S/C20H19N3OS/c1-14-9-10-23-18(12-14)22-19(17-4-3-11-25-17)20(23)21-13-15-5-7-16(24-2)8-6-15/h3-12,21H,13H2,1-2H3. The zero-order valence-electron chi connectivity index (χ0n) is 14.2. The Morgan fingerprint density at radius 3 is 2.72 bits per heavy atom. The lowest BCUT2D eigenvalue weighted by molar-refractivity contribution is 0.414. The second kappa shape index (κ2) is 6.61. The molecule has 126 valence electrons. The average Bonchev–Trinajstić information content (AvgIpc) is 3.27. The Balaban J connectivity index is 1.70. The summed E-state index contributed by atoms with van der Waals surface area (Å²) in [5, 5.41) is 5.65. The van der Waals surface area contributed by atoms with E-state index in [-0.39, 0.29) is 0 Å². The molecule has 0 bridgehead atoms. The number of thiophene rings is 1. The molecule has 3 aromatic heterocycles. The van der Waals surface area contributed by atoms with Gasteiger partial charge in [0, 0.05) is 12.7 Å². The van der Waals surface area contributed by atoms with Crippen LogP contribution in [0.3, 0.4) is 0 Å². The number of nitrogens with one attached hydrogen (secondary N) is 1. The molecule has 5 heteroatoms. The molecule has 0 fully saturated rings. The lowest BCUT2D eigenvalue weighted by Gasteiger charge is -2.09. The minimum Gasteiger partial charge on any atom is -0.497 e. The second-order valence-corrected chi connectivity index (χ2v) is 6.87. The molecule has 0 spiro atoms. The van der Waals surface area contributed by atoms with Gasteiger partial charge in [-0.05, 0) is 53.8 Å². The first-order chi connectivity index (χ1) is 12.2.